The van der Waals surface area contributed by atoms with Crippen LogP contribution < -0.4 is 0 Å². The first-order valence-corrected chi connectivity index (χ1v) is 3.31. The second-order valence-corrected chi connectivity index (χ2v) is 2.49. The zero-order valence-corrected chi connectivity index (χ0v) is 6.13. The molecule has 0 aromatic heterocycles. The van der Waals surface area contributed by atoms with Crippen molar-refractivity contribution in [2.24, 2.45) is 0 Å². The van der Waals surface area contributed by atoms with Crippen LogP contribution >= 0.6 is 0 Å². The average molecular weight is 130 g/mol. The molecule has 0 atom stereocenters. The second-order valence-electron chi connectivity index (χ2n) is 2.49. The van der Waals surface area contributed by atoms with Crippen molar-refractivity contribution in [3.63, 3.8) is 0 Å². The fourth-order valence-electron chi connectivity index (χ4n) is 0.840. The number of nitrogens with zero attached hydrogens (tertiary/aromatic N) is 2. The van der Waals surface area contributed by atoms with Crippen molar-refractivity contribution in [3.05, 3.63) is 0 Å². The zero-order chi connectivity index (χ0) is 6.69. The quantitative estimate of drug-likeness (QED) is 0.451. The summed E-state index contributed by atoms with van der Waals surface area (Å²) in [5.41, 5.74) is 0. The van der Waals surface area contributed by atoms with Gasteiger partial charge < -0.3 is 4.90 Å². The van der Waals surface area contributed by atoms with Crippen LogP contribution in [0.1, 0.15) is 0 Å². The highest BCUT2D eigenvalue weighted by Gasteiger charge is 2.06. The SMILES string of the molecule is CN1CCON(C)CC1. The Hall–Kier alpha value is -0.120. The van der Waals surface area contributed by atoms with E-state index in [0.29, 0.717) is 0 Å². The van der Waals surface area contributed by atoms with Gasteiger partial charge in [-0.15, -0.1) is 0 Å². The van der Waals surface area contributed by atoms with Crippen LogP contribution in [0.4, 0.5) is 0 Å². The molecule has 1 heterocycles. The molecule has 1 rings (SSSR count). The van der Waals surface area contributed by atoms with E-state index in [0.717, 1.165) is 26.2 Å². The van der Waals surface area contributed by atoms with Crippen molar-refractivity contribution >= 4 is 0 Å². The van der Waals surface area contributed by atoms with Crippen LogP contribution in [0.3, 0.4) is 0 Å². The molecule has 0 unspecified atom stereocenters. The molecule has 0 bridgehead atoms. The Morgan fingerprint density at radius 3 is 2.67 bits per heavy atom. The fourth-order valence-corrected chi connectivity index (χ4v) is 0.840. The number of hydroxylamine groups is 2. The van der Waals surface area contributed by atoms with E-state index in [-0.39, 0.29) is 0 Å². The third kappa shape index (κ3) is 2.30. The van der Waals surface area contributed by atoms with E-state index in [9.17, 15) is 0 Å². The van der Waals surface area contributed by atoms with Crippen molar-refractivity contribution in [3.8, 4) is 0 Å². The molecule has 3 heteroatoms. The molecule has 1 aliphatic rings. The first-order valence-electron chi connectivity index (χ1n) is 3.31. The largest absolute Gasteiger partial charge is 0.303 e. The molecular formula is C6H14N2O. The zero-order valence-electron chi connectivity index (χ0n) is 6.13. The van der Waals surface area contributed by atoms with Gasteiger partial charge in [-0.05, 0) is 7.05 Å². The molecule has 0 aromatic rings. The predicted molar refractivity (Wildman–Crippen MR) is 36.1 cm³/mol. The summed E-state index contributed by atoms with van der Waals surface area (Å²) >= 11 is 0. The van der Waals surface area contributed by atoms with E-state index in [2.05, 4.69) is 11.9 Å². The molecule has 0 N–H and O–H groups in total. The van der Waals surface area contributed by atoms with Crippen LogP contribution in [0.25, 0.3) is 0 Å². The normalized spacial score (nSPS) is 26.0. The van der Waals surface area contributed by atoms with Gasteiger partial charge in [-0.25, -0.2) is 0 Å². The van der Waals surface area contributed by atoms with Gasteiger partial charge in [-0.3, -0.25) is 4.84 Å². The van der Waals surface area contributed by atoms with Gasteiger partial charge in [-0.1, -0.05) is 0 Å². The van der Waals surface area contributed by atoms with E-state index in [4.69, 9.17) is 4.84 Å². The Kier molecular flexibility index (Phi) is 2.45. The highest BCUT2D eigenvalue weighted by atomic mass is 16.7. The summed E-state index contributed by atoms with van der Waals surface area (Å²) in [6.07, 6.45) is 0. The summed E-state index contributed by atoms with van der Waals surface area (Å²) in [6, 6.07) is 0. The van der Waals surface area contributed by atoms with Crippen LogP contribution in [-0.4, -0.2) is 50.3 Å². The van der Waals surface area contributed by atoms with E-state index < -0.39 is 0 Å². The van der Waals surface area contributed by atoms with Crippen molar-refractivity contribution in [1.29, 1.82) is 0 Å². The molecule has 1 aliphatic heterocycles. The van der Waals surface area contributed by atoms with Gasteiger partial charge in [0.15, 0.2) is 0 Å². The Morgan fingerprint density at radius 2 is 1.89 bits per heavy atom. The van der Waals surface area contributed by atoms with Crippen LogP contribution in [0, 0.1) is 0 Å². The Morgan fingerprint density at radius 1 is 1.11 bits per heavy atom. The third-order valence-electron chi connectivity index (χ3n) is 1.58. The molecule has 3 nitrogen and oxygen atoms in total. The van der Waals surface area contributed by atoms with Gasteiger partial charge in [0, 0.05) is 26.7 Å². The van der Waals surface area contributed by atoms with Crippen molar-refractivity contribution in [2.75, 3.05) is 40.3 Å². The molecular weight excluding hydrogens is 116 g/mol. The van der Waals surface area contributed by atoms with Gasteiger partial charge in [0.05, 0.1) is 6.61 Å². The maximum absolute atomic E-state index is 5.26. The number of hydrogen-bond donors (Lipinski definition) is 0. The van der Waals surface area contributed by atoms with Crippen molar-refractivity contribution in [1.82, 2.24) is 9.96 Å². The van der Waals surface area contributed by atoms with Crippen LogP contribution in [0.5, 0.6) is 0 Å². The molecule has 0 amide bonds. The highest BCUT2D eigenvalue weighted by Crippen LogP contribution is 1.93. The lowest BCUT2D eigenvalue weighted by Gasteiger charge is -2.11. The molecule has 0 spiro atoms. The number of hydrogen-bond acceptors (Lipinski definition) is 3. The molecule has 54 valence electrons. The maximum Gasteiger partial charge on any atom is 0.0811 e. The first kappa shape index (κ1) is 6.99. The van der Waals surface area contributed by atoms with E-state index in [1.54, 1.807) is 0 Å². The summed E-state index contributed by atoms with van der Waals surface area (Å²) in [5, 5.41) is 1.89. The second kappa shape index (κ2) is 3.15. The van der Waals surface area contributed by atoms with Gasteiger partial charge in [0.25, 0.3) is 0 Å². The highest BCUT2D eigenvalue weighted by molar-refractivity contribution is 4.54. The first-order chi connectivity index (χ1) is 4.29. The molecule has 0 aliphatic carbocycles. The number of rotatable bonds is 0. The average Bonchev–Trinajstić information content (AvgIpc) is 1.97. The minimum Gasteiger partial charge on any atom is -0.303 e. The predicted octanol–water partition coefficient (Wildman–Crippen LogP) is -0.205. The van der Waals surface area contributed by atoms with Crippen LogP contribution in [0.2, 0.25) is 0 Å². The summed E-state index contributed by atoms with van der Waals surface area (Å²) in [7, 11) is 4.08. The van der Waals surface area contributed by atoms with Crippen molar-refractivity contribution < 1.29 is 4.84 Å². The Balaban J connectivity index is 2.25. The van der Waals surface area contributed by atoms with E-state index in [1.807, 2.05) is 12.1 Å². The Bertz CT molecular complexity index is 77.1. The molecule has 9 heavy (non-hydrogen) atoms. The minimum atomic E-state index is 0.826. The lowest BCUT2D eigenvalue weighted by atomic mass is 10.5. The lowest BCUT2D eigenvalue weighted by molar-refractivity contribution is -0.126. The maximum atomic E-state index is 5.26. The summed E-state index contributed by atoms with van der Waals surface area (Å²) in [5.74, 6) is 0. The summed E-state index contributed by atoms with van der Waals surface area (Å²) < 4.78 is 0. The van der Waals surface area contributed by atoms with Gasteiger partial charge in [0.1, 0.15) is 0 Å². The minimum absolute atomic E-state index is 0.826. The standard InChI is InChI=1S/C6H14N2O/c1-7-3-4-8(2)9-6-5-7/h3-6H2,1-2H3. The smallest absolute Gasteiger partial charge is 0.0811 e. The van der Waals surface area contributed by atoms with Gasteiger partial charge in [0.2, 0.25) is 0 Å². The monoisotopic (exact) mass is 130 g/mol. The van der Waals surface area contributed by atoms with Crippen LogP contribution in [0.15, 0.2) is 0 Å². The molecule has 1 fully saturated rings. The topological polar surface area (TPSA) is 15.7 Å². The van der Waals surface area contributed by atoms with Crippen LogP contribution in [-0.2, 0) is 4.84 Å². The van der Waals surface area contributed by atoms with Gasteiger partial charge >= 0.3 is 0 Å². The summed E-state index contributed by atoms with van der Waals surface area (Å²) in [6.45, 7) is 3.99. The van der Waals surface area contributed by atoms with E-state index in [1.165, 1.54) is 0 Å². The molecule has 1 saturated heterocycles. The van der Waals surface area contributed by atoms with Gasteiger partial charge in [-0.2, -0.15) is 5.06 Å². The summed E-state index contributed by atoms with van der Waals surface area (Å²) in [4.78, 5) is 7.53. The van der Waals surface area contributed by atoms with Crippen molar-refractivity contribution in [2.45, 2.75) is 0 Å². The Labute approximate surface area is 56.1 Å². The lowest BCUT2D eigenvalue weighted by Crippen LogP contribution is -2.24. The number of likely N-dealkylation sites (N-methyl/N-ethyl adjacent to an activating group) is 2. The molecule has 0 saturated carbocycles. The van der Waals surface area contributed by atoms with E-state index >= 15 is 0 Å². The third-order valence-corrected chi connectivity index (χ3v) is 1.58. The molecule has 0 aromatic carbocycles. The fraction of sp³-hybridized carbons (Fsp3) is 1.00. The molecule has 0 radical (unpaired) electrons.